The third-order valence-electron chi connectivity index (χ3n) is 3.12. The molecular formula is C15H16ClF2N3. The summed E-state index contributed by atoms with van der Waals surface area (Å²) in [6.07, 6.45) is 0. The van der Waals surface area contributed by atoms with Gasteiger partial charge in [0.1, 0.15) is 28.4 Å². The van der Waals surface area contributed by atoms with Gasteiger partial charge in [-0.25, -0.2) is 18.7 Å². The van der Waals surface area contributed by atoms with Crippen LogP contribution in [-0.2, 0) is 0 Å². The van der Waals surface area contributed by atoms with E-state index in [9.17, 15) is 8.78 Å². The summed E-state index contributed by atoms with van der Waals surface area (Å²) in [5.74, 6) is -0.0416. The van der Waals surface area contributed by atoms with Crippen LogP contribution < -0.4 is 5.32 Å². The quantitative estimate of drug-likeness (QED) is 0.820. The van der Waals surface area contributed by atoms with Crippen molar-refractivity contribution in [3.05, 3.63) is 45.9 Å². The fourth-order valence-corrected chi connectivity index (χ4v) is 1.93. The topological polar surface area (TPSA) is 37.8 Å². The molecule has 0 amide bonds. The van der Waals surface area contributed by atoms with Gasteiger partial charge in [-0.3, -0.25) is 0 Å². The molecule has 0 radical (unpaired) electrons. The summed E-state index contributed by atoms with van der Waals surface area (Å²) in [7, 11) is 0. The number of benzene rings is 1. The zero-order chi connectivity index (χ0) is 15.7. The fraction of sp³-hybridized carbons (Fsp3) is 0.333. The highest BCUT2D eigenvalue weighted by Gasteiger charge is 2.14. The number of hydrogen-bond donors (Lipinski definition) is 1. The van der Waals surface area contributed by atoms with Crippen LogP contribution in [-0.4, -0.2) is 9.97 Å². The average Bonchev–Trinajstić information content (AvgIpc) is 2.40. The van der Waals surface area contributed by atoms with Crippen molar-refractivity contribution in [3.63, 3.8) is 0 Å². The summed E-state index contributed by atoms with van der Waals surface area (Å²) >= 11 is 6.07. The second-order valence-corrected chi connectivity index (χ2v) is 5.57. The van der Waals surface area contributed by atoms with Gasteiger partial charge in [0.2, 0.25) is 0 Å². The summed E-state index contributed by atoms with van der Waals surface area (Å²) < 4.78 is 27.5. The highest BCUT2D eigenvalue weighted by molar-refractivity contribution is 6.30. The number of rotatable bonds is 3. The van der Waals surface area contributed by atoms with E-state index in [-0.39, 0.29) is 17.2 Å². The van der Waals surface area contributed by atoms with E-state index in [4.69, 9.17) is 11.6 Å². The van der Waals surface area contributed by atoms with Crippen LogP contribution in [0.4, 0.5) is 20.3 Å². The van der Waals surface area contributed by atoms with E-state index < -0.39 is 11.6 Å². The van der Waals surface area contributed by atoms with Crippen LogP contribution in [0.1, 0.15) is 36.7 Å². The largest absolute Gasteiger partial charge is 0.337 e. The van der Waals surface area contributed by atoms with E-state index >= 15 is 0 Å². The molecule has 2 rings (SSSR count). The Balaban J connectivity index is 2.46. The van der Waals surface area contributed by atoms with Gasteiger partial charge < -0.3 is 5.32 Å². The summed E-state index contributed by atoms with van der Waals surface area (Å²) in [6, 6.07) is 2.24. The molecule has 0 saturated carbocycles. The maximum absolute atomic E-state index is 13.9. The standard InChI is InChI=1S/C15H16ClF2N3/c1-7(2)14-20-13(16)9(4)15(21-14)19-12-6-10(17)8(3)5-11(12)18/h5-7H,1-4H3,(H,19,20,21). The van der Waals surface area contributed by atoms with Gasteiger partial charge in [0.05, 0.1) is 5.69 Å². The van der Waals surface area contributed by atoms with Gasteiger partial charge in [0.25, 0.3) is 0 Å². The first-order valence-electron chi connectivity index (χ1n) is 6.56. The molecule has 2 aromatic rings. The number of nitrogens with zero attached hydrogens (tertiary/aromatic N) is 2. The fourth-order valence-electron chi connectivity index (χ4n) is 1.76. The molecule has 0 saturated heterocycles. The Labute approximate surface area is 127 Å². The lowest BCUT2D eigenvalue weighted by Crippen LogP contribution is -2.06. The minimum absolute atomic E-state index is 0.0191. The van der Waals surface area contributed by atoms with Crippen molar-refractivity contribution in [2.45, 2.75) is 33.6 Å². The lowest BCUT2D eigenvalue weighted by Gasteiger charge is -2.14. The molecule has 0 aliphatic heterocycles. The van der Waals surface area contributed by atoms with Gasteiger partial charge in [-0.1, -0.05) is 25.4 Å². The third kappa shape index (κ3) is 3.29. The molecule has 21 heavy (non-hydrogen) atoms. The van der Waals surface area contributed by atoms with Gasteiger partial charge in [0.15, 0.2) is 0 Å². The van der Waals surface area contributed by atoms with Crippen LogP contribution in [0.2, 0.25) is 5.15 Å². The number of aryl methyl sites for hydroxylation is 1. The Morgan fingerprint density at radius 3 is 2.38 bits per heavy atom. The second-order valence-electron chi connectivity index (χ2n) is 5.21. The molecule has 0 atom stereocenters. The molecule has 3 nitrogen and oxygen atoms in total. The number of halogens is 3. The minimum atomic E-state index is -0.547. The van der Waals surface area contributed by atoms with Crippen LogP contribution in [0.25, 0.3) is 0 Å². The van der Waals surface area contributed by atoms with Crippen LogP contribution in [0.15, 0.2) is 12.1 Å². The maximum atomic E-state index is 13.9. The molecule has 0 aliphatic carbocycles. The minimum Gasteiger partial charge on any atom is -0.337 e. The molecular weight excluding hydrogens is 296 g/mol. The SMILES string of the molecule is Cc1cc(F)c(Nc2nc(C(C)C)nc(Cl)c2C)cc1F. The van der Waals surface area contributed by atoms with Gasteiger partial charge >= 0.3 is 0 Å². The van der Waals surface area contributed by atoms with Crippen LogP contribution in [0, 0.1) is 25.5 Å². The summed E-state index contributed by atoms with van der Waals surface area (Å²) in [5, 5.41) is 3.09. The molecule has 1 N–H and O–H groups in total. The molecule has 0 spiro atoms. The van der Waals surface area contributed by atoms with E-state index in [0.29, 0.717) is 22.4 Å². The van der Waals surface area contributed by atoms with Crippen molar-refractivity contribution >= 4 is 23.1 Å². The van der Waals surface area contributed by atoms with E-state index in [1.54, 1.807) is 6.92 Å². The molecule has 112 valence electrons. The summed E-state index contributed by atoms with van der Waals surface area (Å²) in [6.45, 7) is 7.08. The molecule has 0 bridgehead atoms. The molecule has 6 heteroatoms. The lowest BCUT2D eigenvalue weighted by molar-refractivity contribution is 0.595. The predicted molar refractivity (Wildman–Crippen MR) is 80.2 cm³/mol. The highest BCUT2D eigenvalue weighted by atomic mass is 35.5. The normalized spacial score (nSPS) is 11.0. The van der Waals surface area contributed by atoms with Crippen molar-refractivity contribution in [2.75, 3.05) is 5.32 Å². The molecule has 0 aliphatic rings. The zero-order valence-electron chi connectivity index (χ0n) is 12.3. The monoisotopic (exact) mass is 311 g/mol. The van der Waals surface area contributed by atoms with Crippen molar-refractivity contribution in [2.24, 2.45) is 0 Å². The van der Waals surface area contributed by atoms with Crippen molar-refractivity contribution in [1.29, 1.82) is 0 Å². The maximum Gasteiger partial charge on any atom is 0.147 e. The van der Waals surface area contributed by atoms with E-state index in [2.05, 4.69) is 15.3 Å². The first-order chi connectivity index (χ1) is 9.79. The first kappa shape index (κ1) is 15.6. The van der Waals surface area contributed by atoms with E-state index in [1.165, 1.54) is 6.92 Å². The van der Waals surface area contributed by atoms with Gasteiger partial charge in [-0.15, -0.1) is 0 Å². The van der Waals surface area contributed by atoms with E-state index in [0.717, 1.165) is 12.1 Å². The Bertz CT molecular complexity index is 687. The van der Waals surface area contributed by atoms with Crippen LogP contribution >= 0.6 is 11.6 Å². The Morgan fingerprint density at radius 2 is 1.76 bits per heavy atom. The molecule has 0 fully saturated rings. The highest BCUT2D eigenvalue weighted by Crippen LogP contribution is 2.27. The Hall–Kier alpha value is -1.75. The molecule has 1 aromatic heterocycles. The van der Waals surface area contributed by atoms with Crippen LogP contribution in [0.5, 0.6) is 0 Å². The summed E-state index contributed by atoms with van der Waals surface area (Å²) in [4.78, 5) is 8.50. The first-order valence-corrected chi connectivity index (χ1v) is 6.94. The van der Waals surface area contributed by atoms with Gasteiger partial charge in [-0.2, -0.15) is 0 Å². The second kappa shape index (κ2) is 5.93. The molecule has 1 heterocycles. The summed E-state index contributed by atoms with van der Waals surface area (Å²) in [5.41, 5.74) is 0.852. The van der Waals surface area contributed by atoms with Crippen molar-refractivity contribution in [3.8, 4) is 0 Å². The lowest BCUT2D eigenvalue weighted by atomic mass is 10.2. The molecule has 0 unspecified atom stereocenters. The smallest absolute Gasteiger partial charge is 0.147 e. The average molecular weight is 312 g/mol. The van der Waals surface area contributed by atoms with E-state index in [1.807, 2.05) is 13.8 Å². The Kier molecular flexibility index (Phi) is 4.42. The number of aromatic nitrogens is 2. The van der Waals surface area contributed by atoms with Gasteiger partial charge in [0, 0.05) is 17.5 Å². The number of hydrogen-bond acceptors (Lipinski definition) is 3. The van der Waals surface area contributed by atoms with Gasteiger partial charge in [-0.05, 0) is 25.5 Å². The number of anilines is 2. The van der Waals surface area contributed by atoms with Crippen molar-refractivity contribution < 1.29 is 8.78 Å². The number of nitrogens with one attached hydrogen (secondary N) is 1. The zero-order valence-corrected chi connectivity index (χ0v) is 13.0. The third-order valence-corrected chi connectivity index (χ3v) is 3.49. The molecule has 1 aromatic carbocycles. The predicted octanol–water partition coefficient (Wildman–Crippen LogP) is 4.89. The Morgan fingerprint density at radius 1 is 1.10 bits per heavy atom. The van der Waals surface area contributed by atoms with Crippen molar-refractivity contribution in [1.82, 2.24) is 9.97 Å². The van der Waals surface area contributed by atoms with Crippen LogP contribution in [0.3, 0.4) is 0 Å².